The maximum absolute atomic E-state index is 12.8. The van der Waals surface area contributed by atoms with Gasteiger partial charge in [-0.1, -0.05) is 48.5 Å². The standard InChI is InChI=1S/C20H22N4O2.ClH/c1-4-17-23-18(26-24-17)14-11-10-13(2)16(12-14)22-19(25)20(3,21)15-8-6-5-7-9-15;/h5-12H,4,21H2,1-3H3,(H,22,25);1H. The van der Waals surface area contributed by atoms with Crippen LogP contribution in [0.4, 0.5) is 5.69 Å². The van der Waals surface area contributed by atoms with Crippen molar-refractivity contribution in [2.75, 3.05) is 5.32 Å². The van der Waals surface area contributed by atoms with E-state index in [1.54, 1.807) is 6.92 Å². The quantitative estimate of drug-likeness (QED) is 0.694. The Hall–Kier alpha value is -2.70. The van der Waals surface area contributed by atoms with Crippen LogP contribution >= 0.6 is 12.4 Å². The van der Waals surface area contributed by atoms with Gasteiger partial charge in [0.05, 0.1) is 0 Å². The summed E-state index contributed by atoms with van der Waals surface area (Å²) in [5.41, 5.74) is 8.22. The van der Waals surface area contributed by atoms with Crippen molar-refractivity contribution in [2.45, 2.75) is 32.7 Å². The van der Waals surface area contributed by atoms with Crippen molar-refractivity contribution in [3.8, 4) is 11.5 Å². The molecule has 1 atom stereocenters. The minimum atomic E-state index is -1.15. The Balaban J connectivity index is 0.00000261. The number of carbonyl (C=O) groups is 1. The molecule has 3 aromatic rings. The van der Waals surface area contributed by atoms with Gasteiger partial charge in [0.15, 0.2) is 5.82 Å². The molecule has 3 N–H and O–H groups in total. The minimum absolute atomic E-state index is 0. The van der Waals surface area contributed by atoms with Crippen molar-refractivity contribution in [1.82, 2.24) is 10.1 Å². The molecule has 27 heavy (non-hydrogen) atoms. The first kappa shape index (κ1) is 20.6. The molecule has 0 saturated heterocycles. The van der Waals surface area contributed by atoms with E-state index in [0.29, 0.717) is 23.8 Å². The molecule has 1 unspecified atom stereocenters. The largest absolute Gasteiger partial charge is 0.334 e. The van der Waals surface area contributed by atoms with Gasteiger partial charge in [0, 0.05) is 17.7 Å². The van der Waals surface area contributed by atoms with E-state index in [1.807, 2.05) is 62.4 Å². The van der Waals surface area contributed by atoms with E-state index in [4.69, 9.17) is 10.3 Å². The molecule has 7 heteroatoms. The smallest absolute Gasteiger partial charge is 0.257 e. The van der Waals surface area contributed by atoms with Crippen LogP contribution in [0, 0.1) is 6.92 Å². The van der Waals surface area contributed by atoms with E-state index in [0.717, 1.165) is 16.7 Å². The fraction of sp³-hybridized carbons (Fsp3) is 0.250. The van der Waals surface area contributed by atoms with Gasteiger partial charge in [0.25, 0.3) is 5.89 Å². The second-order valence-electron chi connectivity index (χ2n) is 6.42. The number of amides is 1. The molecule has 0 aliphatic rings. The van der Waals surface area contributed by atoms with Crippen LogP contribution in [0.25, 0.3) is 11.5 Å². The van der Waals surface area contributed by atoms with E-state index in [-0.39, 0.29) is 18.3 Å². The average Bonchev–Trinajstić information content (AvgIpc) is 3.13. The van der Waals surface area contributed by atoms with E-state index < -0.39 is 5.54 Å². The van der Waals surface area contributed by atoms with Gasteiger partial charge in [-0.15, -0.1) is 12.4 Å². The zero-order chi connectivity index (χ0) is 18.7. The number of aromatic nitrogens is 2. The lowest BCUT2D eigenvalue weighted by Gasteiger charge is -2.24. The Morgan fingerprint density at radius 1 is 1.22 bits per heavy atom. The topological polar surface area (TPSA) is 94.0 Å². The number of hydrogen-bond donors (Lipinski definition) is 2. The molecule has 0 fully saturated rings. The molecule has 0 radical (unpaired) electrons. The van der Waals surface area contributed by atoms with E-state index in [1.165, 1.54) is 0 Å². The number of aryl methyl sites for hydroxylation is 2. The molecule has 1 aromatic heterocycles. The van der Waals surface area contributed by atoms with Gasteiger partial charge >= 0.3 is 0 Å². The normalized spacial score (nSPS) is 12.7. The fourth-order valence-electron chi connectivity index (χ4n) is 2.57. The molecular formula is C20H23ClN4O2. The summed E-state index contributed by atoms with van der Waals surface area (Å²) in [4.78, 5) is 17.1. The van der Waals surface area contributed by atoms with Crippen LogP contribution in [0.2, 0.25) is 0 Å². The van der Waals surface area contributed by atoms with Crippen molar-refractivity contribution in [3.05, 3.63) is 65.5 Å². The van der Waals surface area contributed by atoms with Gasteiger partial charge in [-0.3, -0.25) is 4.79 Å². The summed E-state index contributed by atoms with van der Waals surface area (Å²) in [6.07, 6.45) is 0.696. The third-order valence-corrected chi connectivity index (χ3v) is 4.36. The van der Waals surface area contributed by atoms with Crippen molar-refractivity contribution in [3.63, 3.8) is 0 Å². The zero-order valence-corrected chi connectivity index (χ0v) is 16.3. The number of hydrogen-bond acceptors (Lipinski definition) is 5. The van der Waals surface area contributed by atoms with Crippen molar-refractivity contribution in [2.24, 2.45) is 5.73 Å². The van der Waals surface area contributed by atoms with Crippen LogP contribution in [-0.4, -0.2) is 16.0 Å². The predicted molar refractivity (Wildman–Crippen MR) is 108 cm³/mol. The second-order valence-corrected chi connectivity index (χ2v) is 6.42. The first-order chi connectivity index (χ1) is 12.4. The van der Waals surface area contributed by atoms with Crippen LogP contribution in [0.1, 0.15) is 30.8 Å². The number of rotatable bonds is 5. The molecule has 0 bridgehead atoms. The molecular weight excluding hydrogens is 364 g/mol. The Kier molecular flexibility index (Phi) is 6.36. The summed E-state index contributed by atoms with van der Waals surface area (Å²) in [6, 6.07) is 14.9. The van der Waals surface area contributed by atoms with Crippen LogP contribution in [0.15, 0.2) is 53.1 Å². The lowest BCUT2D eigenvalue weighted by atomic mass is 9.92. The lowest BCUT2D eigenvalue weighted by Crippen LogP contribution is -2.45. The maximum Gasteiger partial charge on any atom is 0.257 e. The Morgan fingerprint density at radius 3 is 2.56 bits per heavy atom. The van der Waals surface area contributed by atoms with E-state index >= 15 is 0 Å². The van der Waals surface area contributed by atoms with E-state index in [2.05, 4.69) is 15.5 Å². The summed E-state index contributed by atoms with van der Waals surface area (Å²) in [6.45, 7) is 5.57. The Morgan fingerprint density at radius 2 is 1.93 bits per heavy atom. The molecule has 6 nitrogen and oxygen atoms in total. The highest BCUT2D eigenvalue weighted by molar-refractivity contribution is 5.99. The fourth-order valence-corrected chi connectivity index (χ4v) is 2.57. The van der Waals surface area contributed by atoms with Gasteiger partial charge in [-0.2, -0.15) is 4.98 Å². The molecule has 1 amide bonds. The molecule has 0 aliphatic carbocycles. The van der Waals surface area contributed by atoms with E-state index in [9.17, 15) is 4.79 Å². The number of benzene rings is 2. The predicted octanol–water partition coefficient (Wildman–Crippen LogP) is 3.84. The third-order valence-electron chi connectivity index (χ3n) is 4.36. The zero-order valence-electron chi connectivity index (χ0n) is 15.5. The van der Waals surface area contributed by atoms with Gasteiger partial charge in [0.1, 0.15) is 5.54 Å². The summed E-state index contributed by atoms with van der Waals surface area (Å²) in [5.74, 6) is 0.782. The van der Waals surface area contributed by atoms with Crippen LogP contribution in [0.5, 0.6) is 0 Å². The molecule has 0 spiro atoms. The Bertz CT molecular complexity index is 923. The SMILES string of the molecule is CCc1noc(-c2ccc(C)c(NC(=O)C(C)(N)c3ccccc3)c2)n1.Cl. The number of nitrogens with one attached hydrogen (secondary N) is 1. The lowest BCUT2D eigenvalue weighted by molar-refractivity contribution is -0.120. The van der Waals surface area contributed by atoms with Gasteiger partial charge in [0.2, 0.25) is 5.91 Å². The first-order valence-corrected chi connectivity index (χ1v) is 8.51. The average molecular weight is 387 g/mol. The molecule has 2 aromatic carbocycles. The highest BCUT2D eigenvalue weighted by atomic mass is 35.5. The number of nitrogens with two attached hydrogens (primary N) is 1. The molecule has 0 saturated carbocycles. The van der Waals surface area contributed by atoms with Gasteiger partial charge in [-0.25, -0.2) is 0 Å². The third kappa shape index (κ3) is 4.35. The summed E-state index contributed by atoms with van der Waals surface area (Å²) in [7, 11) is 0. The highest BCUT2D eigenvalue weighted by Gasteiger charge is 2.30. The second kappa shape index (κ2) is 8.33. The number of carbonyl (C=O) groups excluding carboxylic acids is 1. The van der Waals surface area contributed by atoms with Crippen molar-refractivity contribution in [1.29, 1.82) is 0 Å². The van der Waals surface area contributed by atoms with Crippen LogP contribution in [0.3, 0.4) is 0 Å². The monoisotopic (exact) mass is 386 g/mol. The van der Waals surface area contributed by atoms with Gasteiger partial charge < -0.3 is 15.6 Å². The first-order valence-electron chi connectivity index (χ1n) is 8.51. The Labute approximate surface area is 164 Å². The molecule has 0 aliphatic heterocycles. The van der Waals surface area contributed by atoms with Gasteiger partial charge in [-0.05, 0) is 37.1 Å². The van der Waals surface area contributed by atoms with Crippen molar-refractivity contribution < 1.29 is 9.32 Å². The molecule has 142 valence electrons. The highest BCUT2D eigenvalue weighted by Crippen LogP contribution is 2.26. The van der Waals surface area contributed by atoms with Crippen molar-refractivity contribution >= 4 is 24.0 Å². The number of anilines is 1. The summed E-state index contributed by atoms with van der Waals surface area (Å²) in [5, 5.41) is 6.84. The summed E-state index contributed by atoms with van der Waals surface area (Å²) < 4.78 is 5.28. The van der Waals surface area contributed by atoms with Crippen LogP contribution in [-0.2, 0) is 16.8 Å². The number of nitrogens with zero attached hydrogens (tertiary/aromatic N) is 2. The molecule has 3 rings (SSSR count). The maximum atomic E-state index is 12.8. The summed E-state index contributed by atoms with van der Waals surface area (Å²) >= 11 is 0. The minimum Gasteiger partial charge on any atom is -0.334 e. The molecule has 1 heterocycles. The number of halogens is 1. The van der Waals surface area contributed by atoms with Crippen LogP contribution < -0.4 is 11.1 Å².